The van der Waals surface area contributed by atoms with Crippen molar-refractivity contribution in [2.45, 2.75) is 18.7 Å². The first kappa shape index (κ1) is 20.4. The molecule has 0 aliphatic rings. The number of carbonyl (C=O) groups excluding carboxylic acids is 1. The number of carboxylic acids is 1. The predicted octanol–water partition coefficient (Wildman–Crippen LogP) is 3.36. The lowest BCUT2D eigenvalue weighted by atomic mass is 10.1. The fourth-order valence-corrected chi connectivity index (χ4v) is 2.37. The Bertz CT molecular complexity index is 761. The molecule has 0 heterocycles. The van der Waals surface area contributed by atoms with Crippen molar-refractivity contribution in [3.05, 3.63) is 71.3 Å². The molecule has 8 heteroatoms. The summed E-state index contributed by atoms with van der Waals surface area (Å²) in [5.41, 5.74) is 1.25. The van der Waals surface area contributed by atoms with Crippen LogP contribution in [0.25, 0.3) is 0 Å². The number of benzene rings is 2. The van der Waals surface area contributed by atoms with Crippen LogP contribution in [-0.4, -0.2) is 36.3 Å². The van der Waals surface area contributed by atoms with E-state index in [0.717, 1.165) is 5.56 Å². The first-order valence-corrected chi connectivity index (χ1v) is 8.09. The number of rotatable bonds is 8. The van der Waals surface area contributed by atoms with Gasteiger partial charge in [-0.1, -0.05) is 42.5 Å². The molecule has 0 saturated carbocycles. The topological polar surface area (TPSA) is 75.6 Å². The number of ether oxygens (including phenoxy) is 1. The third-order valence-electron chi connectivity index (χ3n) is 3.67. The van der Waals surface area contributed by atoms with E-state index in [1.165, 1.54) is 24.3 Å². The molecule has 0 aliphatic carbocycles. The molecule has 0 unspecified atom stereocenters. The molecule has 0 saturated heterocycles. The maximum atomic E-state index is 12.5. The Hall–Kier alpha value is -2.87. The van der Waals surface area contributed by atoms with Gasteiger partial charge in [-0.25, -0.2) is 4.79 Å². The first-order valence-electron chi connectivity index (χ1n) is 8.09. The van der Waals surface area contributed by atoms with Gasteiger partial charge in [0.05, 0.1) is 5.56 Å². The van der Waals surface area contributed by atoms with Crippen molar-refractivity contribution in [1.29, 1.82) is 0 Å². The molecule has 0 fully saturated rings. The van der Waals surface area contributed by atoms with Crippen LogP contribution in [-0.2, 0) is 16.0 Å². The molecule has 0 radical (unpaired) electrons. The fraction of sp³-hybridized carbons (Fsp3) is 0.263. The third kappa shape index (κ3) is 6.74. The molecule has 0 spiro atoms. The second kappa shape index (κ2) is 9.18. The lowest BCUT2D eigenvalue weighted by Crippen LogP contribution is -2.34. The number of nitrogens with one attached hydrogen (secondary N) is 1. The molecule has 0 aliphatic heterocycles. The Morgan fingerprint density at radius 1 is 1.04 bits per heavy atom. The minimum absolute atomic E-state index is 0.146. The van der Waals surface area contributed by atoms with Crippen molar-refractivity contribution in [2.24, 2.45) is 0 Å². The zero-order valence-corrected chi connectivity index (χ0v) is 14.2. The van der Waals surface area contributed by atoms with Gasteiger partial charge in [-0.3, -0.25) is 4.79 Å². The summed E-state index contributed by atoms with van der Waals surface area (Å²) in [5, 5.41) is 11.4. The van der Waals surface area contributed by atoms with Crippen LogP contribution < -0.4 is 5.32 Å². The highest BCUT2D eigenvalue weighted by Crippen LogP contribution is 2.22. The molecule has 1 amide bonds. The number of amides is 1. The van der Waals surface area contributed by atoms with Crippen LogP contribution in [0, 0.1) is 0 Å². The van der Waals surface area contributed by atoms with Crippen LogP contribution in [0.5, 0.6) is 0 Å². The van der Waals surface area contributed by atoms with Crippen LogP contribution in [0.15, 0.2) is 54.6 Å². The standard InChI is InChI=1S/C19H18F3NO4/c20-19(21,22)12-27-16(14-4-2-1-3-5-14)17(24)23-11-10-13-6-8-15(9-7-13)18(25)26/h1-9,16H,10-12H2,(H,23,24)(H,25,26)/t16-/m0/s1. The van der Waals surface area contributed by atoms with Crippen molar-refractivity contribution in [3.8, 4) is 0 Å². The van der Waals surface area contributed by atoms with E-state index in [0.29, 0.717) is 12.0 Å². The van der Waals surface area contributed by atoms with Gasteiger partial charge in [0.1, 0.15) is 6.61 Å². The van der Waals surface area contributed by atoms with Gasteiger partial charge >= 0.3 is 12.1 Å². The highest BCUT2D eigenvalue weighted by molar-refractivity contribution is 5.87. The monoisotopic (exact) mass is 381 g/mol. The van der Waals surface area contributed by atoms with E-state index in [1.807, 2.05) is 0 Å². The molecule has 2 aromatic carbocycles. The number of hydrogen-bond donors (Lipinski definition) is 2. The lowest BCUT2D eigenvalue weighted by Gasteiger charge is -2.19. The summed E-state index contributed by atoms with van der Waals surface area (Å²) >= 11 is 0. The van der Waals surface area contributed by atoms with Crippen LogP contribution in [0.3, 0.4) is 0 Å². The molecule has 2 rings (SSSR count). The quantitative estimate of drug-likeness (QED) is 0.735. The summed E-state index contributed by atoms with van der Waals surface area (Å²) in [4.78, 5) is 23.1. The van der Waals surface area contributed by atoms with Gasteiger partial charge in [0.2, 0.25) is 0 Å². The molecule has 0 bridgehead atoms. The van der Waals surface area contributed by atoms with E-state index in [2.05, 4.69) is 5.32 Å². The van der Waals surface area contributed by atoms with Gasteiger partial charge in [0, 0.05) is 6.54 Å². The SMILES string of the molecule is O=C(O)c1ccc(CCNC(=O)[C@@H](OCC(F)(F)F)c2ccccc2)cc1. The molecular weight excluding hydrogens is 363 g/mol. The van der Waals surface area contributed by atoms with E-state index in [9.17, 15) is 22.8 Å². The van der Waals surface area contributed by atoms with Crippen LogP contribution >= 0.6 is 0 Å². The molecular formula is C19H18F3NO4. The summed E-state index contributed by atoms with van der Waals surface area (Å²) < 4.78 is 42.2. The van der Waals surface area contributed by atoms with Crippen LogP contribution in [0.1, 0.15) is 27.6 Å². The number of carboxylic acid groups (broad SMARTS) is 1. The average Bonchev–Trinajstić information content (AvgIpc) is 2.62. The second-order valence-corrected chi connectivity index (χ2v) is 5.76. The normalized spacial score (nSPS) is 12.4. The van der Waals surface area contributed by atoms with Gasteiger partial charge in [0.25, 0.3) is 5.91 Å². The van der Waals surface area contributed by atoms with Gasteiger partial charge in [-0.2, -0.15) is 13.2 Å². The van der Waals surface area contributed by atoms with Gasteiger partial charge < -0.3 is 15.2 Å². The maximum Gasteiger partial charge on any atom is 0.411 e. The number of alkyl halides is 3. The third-order valence-corrected chi connectivity index (χ3v) is 3.67. The summed E-state index contributed by atoms with van der Waals surface area (Å²) in [5.74, 6) is -1.71. The Balaban J connectivity index is 1.95. The van der Waals surface area contributed by atoms with E-state index in [-0.39, 0.29) is 12.1 Å². The first-order chi connectivity index (χ1) is 12.8. The molecule has 0 aromatic heterocycles. The van der Waals surface area contributed by atoms with Crippen LogP contribution in [0.2, 0.25) is 0 Å². The number of carbonyl (C=O) groups is 2. The van der Waals surface area contributed by atoms with Gasteiger partial charge in [0.15, 0.2) is 6.10 Å². The number of aromatic carboxylic acids is 1. The fourth-order valence-electron chi connectivity index (χ4n) is 2.37. The Labute approximate surface area is 153 Å². The molecule has 2 aromatic rings. The zero-order chi connectivity index (χ0) is 19.9. The van der Waals surface area contributed by atoms with Crippen molar-refractivity contribution in [2.75, 3.05) is 13.2 Å². The largest absolute Gasteiger partial charge is 0.478 e. The lowest BCUT2D eigenvalue weighted by molar-refractivity contribution is -0.188. The summed E-state index contributed by atoms with van der Waals surface area (Å²) in [6, 6.07) is 14.1. The summed E-state index contributed by atoms with van der Waals surface area (Å²) in [7, 11) is 0. The van der Waals surface area contributed by atoms with Crippen molar-refractivity contribution in [3.63, 3.8) is 0 Å². The van der Waals surface area contributed by atoms with Crippen molar-refractivity contribution in [1.82, 2.24) is 5.32 Å². The van der Waals surface area contributed by atoms with Gasteiger partial charge in [-0.05, 0) is 29.7 Å². The second-order valence-electron chi connectivity index (χ2n) is 5.76. The minimum Gasteiger partial charge on any atom is -0.478 e. The predicted molar refractivity (Wildman–Crippen MR) is 91.3 cm³/mol. The maximum absolute atomic E-state index is 12.5. The Kier molecular flexibility index (Phi) is 6.95. The van der Waals surface area contributed by atoms with E-state index >= 15 is 0 Å². The number of hydrogen-bond acceptors (Lipinski definition) is 3. The summed E-state index contributed by atoms with van der Waals surface area (Å²) in [6.45, 7) is -1.36. The highest BCUT2D eigenvalue weighted by atomic mass is 19.4. The average molecular weight is 381 g/mol. The molecule has 144 valence electrons. The van der Waals surface area contributed by atoms with Crippen molar-refractivity contribution >= 4 is 11.9 Å². The van der Waals surface area contributed by atoms with Crippen molar-refractivity contribution < 1.29 is 32.6 Å². The summed E-state index contributed by atoms with van der Waals surface area (Å²) in [6.07, 6.45) is -5.52. The number of halogens is 3. The van der Waals surface area contributed by atoms with Crippen LogP contribution in [0.4, 0.5) is 13.2 Å². The van der Waals surface area contributed by atoms with E-state index < -0.39 is 30.8 Å². The van der Waals surface area contributed by atoms with Gasteiger partial charge in [-0.15, -0.1) is 0 Å². The van der Waals surface area contributed by atoms with E-state index in [4.69, 9.17) is 9.84 Å². The smallest absolute Gasteiger partial charge is 0.411 e. The van der Waals surface area contributed by atoms with E-state index in [1.54, 1.807) is 30.3 Å². The molecule has 27 heavy (non-hydrogen) atoms. The molecule has 5 nitrogen and oxygen atoms in total. The zero-order valence-electron chi connectivity index (χ0n) is 14.2. The minimum atomic E-state index is -4.54. The molecule has 1 atom stereocenters. The molecule has 2 N–H and O–H groups in total. The Morgan fingerprint density at radius 2 is 1.67 bits per heavy atom. The Morgan fingerprint density at radius 3 is 2.22 bits per heavy atom. The highest BCUT2D eigenvalue weighted by Gasteiger charge is 2.32.